The van der Waals surface area contributed by atoms with Crippen LogP contribution in [0.2, 0.25) is 0 Å². The first-order chi connectivity index (χ1) is 9.43. The monoisotopic (exact) mass is 340 g/mol. The molecule has 0 aliphatic carbocycles. The minimum Gasteiger partial charge on any atom is -0.497 e. The Morgan fingerprint density at radius 3 is 2.25 bits per heavy atom. The fourth-order valence-electron chi connectivity index (χ4n) is 1.76. The fourth-order valence-corrected chi connectivity index (χ4v) is 2.14. The minimum absolute atomic E-state index is 0.0293. The molecule has 0 aliphatic heterocycles. The van der Waals surface area contributed by atoms with Gasteiger partial charge in [0.2, 0.25) is 0 Å². The molecule has 20 heavy (non-hydrogen) atoms. The van der Waals surface area contributed by atoms with Gasteiger partial charge in [-0.1, -0.05) is 28.1 Å². The van der Waals surface area contributed by atoms with Gasteiger partial charge in [0.05, 0.1) is 12.7 Å². The van der Waals surface area contributed by atoms with Gasteiger partial charge in [0.1, 0.15) is 17.4 Å². The Kier molecular flexibility index (Phi) is 4.18. The van der Waals surface area contributed by atoms with Crippen LogP contribution in [0.15, 0.2) is 34.8 Å². The van der Waals surface area contributed by atoms with Crippen molar-refractivity contribution in [3.05, 3.63) is 63.1 Å². The second kappa shape index (κ2) is 5.71. The number of ether oxygens (including phenoxy) is 1. The molecule has 0 N–H and O–H groups in total. The highest BCUT2D eigenvalue weighted by atomic mass is 79.9. The third-order valence-corrected chi connectivity index (χ3v) is 3.77. The lowest BCUT2D eigenvalue weighted by molar-refractivity contribution is 0.103. The summed E-state index contributed by atoms with van der Waals surface area (Å²) in [4.78, 5) is 12.2. The molecule has 0 amide bonds. The molecule has 2 rings (SSSR count). The van der Waals surface area contributed by atoms with E-state index in [4.69, 9.17) is 4.74 Å². The molecule has 104 valence electrons. The molecule has 0 aliphatic rings. The number of ketones is 1. The Labute approximate surface area is 123 Å². The summed E-state index contributed by atoms with van der Waals surface area (Å²) >= 11 is 3.29. The van der Waals surface area contributed by atoms with Crippen molar-refractivity contribution in [3.63, 3.8) is 0 Å². The summed E-state index contributed by atoms with van der Waals surface area (Å²) in [6.45, 7) is 1.85. The number of hydrogen-bond acceptors (Lipinski definition) is 2. The Balaban J connectivity index is 2.50. The van der Waals surface area contributed by atoms with Crippen molar-refractivity contribution in [2.45, 2.75) is 6.92 Å². The molecule has 2 nitrogen and oxygen atoms in total. The summed E-state index contributed by atoms with van der Waals surface area (Å²) in [6, 6.07) is 6.75. The zero-order valence-electron chi connectivity index (χ0n) is 10.8. The molecule has 0 aromatic heterocycles. The van der Waals surface area contributed by atoms with E-state index in [0.717, 1.165) is 17.7 Å². The average Bonchev–Trinajstić information content (AvgIpc) is 2.40. The van der Waals surface area contributed by atoms with E-state index in [1.54, 1.807) is 12.1 Å². The van der Waals surface area contributed by atoms with E-state index in [2.05, 4.69) is 15.9 Å². The number of halogens is 3. The number of rotatable bonds is 3. The third kappa shape index (κ3) is 2.72. The maximum Gasteiger partial charge on any atom is 0.198 e. The SMILES string of the molecule is COc1cc(F)c(C(=O)c2ccc(C)c(Br)c2)c(F)c1. The summed E-state index contributed by atoms with van der Waals surface area (Å²) in [5.74, 6) is -2.56. The van der Waals surface area contributed by atoms with Crippen LogP contribution >= 0.6 is 15.9 Å². The van der Waals surface area contributed by atoms with Crippen LogP contribution in [0, 0.1) is 18.6 Å². The van der Waals surface area contributed by atoms with E-state index in [-0.39, 0.29) is 11.3 Å². The van der Waals surface area contributed by atoms with Crippen LogP contribution in [0.25, 0.3) is 0 Å². The van der Waals surface area contributed by atoms with Gasteiger partial charge in [-0.2, -0.15) is 0 Å². The molecule has 0 radical (unpaired) electrons. The molecule has 0 saturated carbocycles. The minimum atomic E-state index is -0.941. The Hall–Kier alpha value is -1.75. The van der Waals surface area contributed by atoms with Crippen LogP contribution in [0.1, 0.15) is 21.5 Å². The topological polar surface area (TPSA) is 26.3 Å². The van der Waals surface area contributed by atoms with Crippen LogP contribution in [-0.2, 0) is 0 Å². The number of aryl methyl sites for hydroxylation is 1. The maximum absolute atomic E-state index is 13.9. The van der Waals surface area contributed by atoms with Crippen molar-refractivity contribution in [1.29, 1.82) is 0 Å². The van der Waals surface area contributed by atoms with E-state index in [1.165, 1.54) is 13.2 Å². The second-order valence-corrected chi connectivity index (χ2v) is 5.11. The number of hydrogen-bond donors (Lipinski definition) is 0. The van der Waals surface area contributed by atoms with Crippen molar-refractivity contribution in [3.8, 4) is 5.75 Å². The molecule has 0 atom stereocenters. The lowest BCUT2D eigenvalue weighted by Gasteiger charge is -2.08. The number of methoxy groups -OCH3 is 1. The van der Waals surface area contributed by atoms with E-state index in [1.807, 2.05) is 6.92 Å². The summed E-state index contributed by atoms with van der Waals surface area (Å²) in [7, 11) is 1.30. The molecule has 0 heterocycles. The van der Waals surface area contributed by atoms with Crippen molar-refractivity contribution < 1.29 is 18.3 Å². The molecular weight excluding hydrogens is 330 g/mol. The zero-order valence-corrected chi connectivity index (χ0v) is 12.4. The summed E-state index contributed by atoms with van der Waals surface area (Å²) in [6.07, 6.45) is 0. The molecule has 0 bridgehead atoms. The highest BCUT2D eigenvalue weighted by Gasteiger charge is 2.21. The summed E-state index contributed by atoms with van der Waals surface area (Å²) in [5, 5.41) is 0. The predicted molar refractivity (Wildman–Crippen MR) is 75.2 cm³/mol. The maximum atomic E-state index is 13.9. The van der Waals surface area contributed by atoms with Crippen LogP contribution in [0.4, 0.5) is 8.78 Å². The van der Waals surface area contributed by atoms with Crippen LogP contribution in [0.5, 0.6) is 5.75 Å². The van der Waals surface area contributed by atoms with Gasteiger partial charge >= 0.3 is 0 Å². The third-order valence-electron chi connectivity index (χ3n) is 2.91. The highest BCUT2D eigenvalue weighted by molar-refractivity contribution is 9.10. The summed E-state index contributed by atoms with van der Waals surface area (Å²) in [5.41, 5.74) is 0.559. The van der Waals surface area contributed by atoms with Crippen LogP contribution in [0.3, 0.4) is 0 Å². The molecule has 2 aromatic carbocycles. The van der Waals surface area contributed by atoms with E-state index >= 15 is 0 Å². The number of carbonyl (C=O) groups excluding carboxylic acids is 1. The average molecular weight is 341 g/mol. The highest BCUT2D eigenvalue weighted by Crippen LogP contribution is 2.25. The first-order valence-electron chi connectivity index (χ1n) is 5.78. The lowest BCUT2D eigenvalue weighted by Crippen LogP contribution is -2.08. The molecule has 0 spiro atoms. The van der Waals surface area contributed by atoms with Crippen molar-refractivity contribution in [2.75, 3.05) is 7.11 Å². The molecule has 5 heteroatoms. The van der Waals surface area contributed by atoms with Gasteiger partial charge in [0, 0.05) is 22.2 Å². The van der Waals surface area contributed by atoms with Gasteiger partial charge in [-0.15, -0.1) is 0 Å². The van der Waals surface area contributed by atoms with E-state index in [9.17, 15) is 13.6 Å². The van der Waals surface area contributed by atoms with Crippen molar-refractivity contribution in [2.24, 2.45) is 0 Å². The predicted octanol–water partition coefficient (Wildman–Crippen LogP) is 4.28. The van der Waals surface area contributed by atoms with Gasteiger partial charge in [-0.05, 0) is 18.6 Å². The largest absolute Gasteiger partial charge is 0.497 e. The van der Waals surface area contributed by atoms with Crippen LogP contribution < -0.4 is 4.74 Å². The Morgan fingerprint density at radius 1 is 1.15 bits per heavy atom. The smallest absolute Gasteiger partial charge is 0.198 e. The molecule has 2 aromatic rings. The van der Waals surface area contributed by atoms with Gasteiger partial charge in [0.15, 0.2) is 5.78 Å². The molecule has 0 saturated heterocycles. The Bertz CT molecular complexity index is 661. The van der Waals surface area contributed by atoms with Gasteiger partial charge in [0.25, 0.3) is 0 Å². The van der Waals surface area contributed by atoms with Crippen molar-refractivity contribution >= 4 is 21.7 Å². The summed E-state index contributed by atoms with van der Waals surface area (Å²) < 4.78 is 33.2. The number of benzene rings is 2. The lowest BCUT2D eigenvalue weighted by atomic mass is 10.0. The second-order valence-electron chi connectivity index (χ2n) is 4.26. The first kappa shape index (κ1) is 14.7. The van der Waals surface area contributed by atoms with E-state index in [0.29, 0.717) is 4.47 Å². The van der Waals surface area contributed by atoms with E-state index < -0.39 is 23.0 Å². The normalized spacial score (nSPS) is 10.4. The fraction of sp³-hybridized carbons (Fsp3) is 0.133. The van der Waals surface area contributed by atoms with Crippen molar-refractivity contribution in [1.82, 2.24) is 0 Å². The standard InChI is InChI=1S/C15H11BrF2O2/c1-8-3-4-9(5-11(8)16)15(19)14-12(17)6-10(20-2)7-13(14)18/h3-7H,1-2H3. The van der Waals surface area contributed by atoms with Crippen LogP contribution in [-0.4, -0.2) is 12.9 Å². The zero-order chi connectivity index (χ0) is 14.9. The number of carbonyl (C=O) groups is 1. The van der Waals surface area contributed by atoms with Gasteiger partial charge < -0.3 is 4.74 Å². The Morgan fingerprint density at radius 2 is 1.75 bits per heavy atom. The van der Waals surface area contributed by atoms with Gasteiger partial charge in [-0.25, -0.2) is 8.78 Å². The quantitative estimate of drug-likeness (QED) is 0.779. The first-order valence-corrected chi connectivity index (χ1v) is 6.57. The molecule has 0 fully saturated rings. The molecule has 0 unspecified atom stereocenters. The molecular formula is C15H11BrF2O2. The van der Waals surface area contributed by atoms with Gasteiger partial charge in [-0.3, -0.25) is 4.79 Å².